The Kier molecular flexibility index (Phi) is 24.8. The van der Waals surface area contributed by atoms with Crippen molar-refractivity contribution in [3.05, 3.63) is 179 Å². The fourth-order valence-electron chi connectivity index (χ4n) is 6.16. The molecule has 6 rings (SSSR count). The van der Waals surface area contributed by atoms with Crippen LogP contribution in [0.2, 0.25) is 0 Å². The molecule has 6 aromatic carbocycles. The third-order valence-corrected chi connectivity index (χ3v) is 12.5. The number of amides is 6. The van der Waals surface area contributed by atoms with Gasteiger partial charge in [0, 0.05) is 40.5 Å². The molecular weight excluding hydrogens is 985 g/mol. The summed E-state index contributed by atoms with van der Waals surface area (Å²) in [5.74, 6) is 0. The van der Waals surface area contributed by atoms with Crippen molar-refractivity contribution >= 4 is 136 Å². The highest BCUT2D eigenvalue weighted by Gasteiger charge is 2.11. The third kappa shape index (κ3) is 20.4. The minimum absolute atomic E-state index is 0.0689. The maximum absolute atomic E-state index is 11.6. The van der Waals surface area contributed by atoms with Crippen molar-refractivity contribution in [2.75, 3.05) is 69.4 Å². The minimum Gasteiger partial charge on any atom is -0.317 e. The lowest BCUT2D eigenvalue weighted by molar-refractivity contribution is 0.269. The molecule has 0 saturated carbocycles. The molecule has 6 N–H and O–H groups in total. The highest BCUT2D eigenvalue weighted by molar-refractivity contribution is 8.14. The molecule has 0 bridgehead atoms. The van der Waals surface area contributed by atoms with Crippen LogP contribution in [-0.2, 0) is 19.3 Å². The molecule has 69 heavy (non-hydrogen) atoms. The minimum atomic E-state index is -0.0959. The lowest BCUT2D eigenvalue weighted by Gasteiger charge is -2.13. The highest BCUT2D eigenvalue weighted by atomic mass is 32.2. The number of anilines is 6. The lowest BCUT2D eigenvalue weighted by Crippen LogP contribution is -2.09. The van der Waals surface area contributed by atoms with E-state index in [2.05, 4.69) is 31.9 Å². The molecule has 18 heteroatoms. The van der Waals surface area contributed by atoms with E-state index in [0.29, 0.717) is 12.8 Å². The number of para-hydroxylation sites is 3. The normalized spacial score (nSPS) is 10.2. The molecule has 0 atom stereocenters. The van der Waals surface area contributed by atoms with Crippen molar-refractivity contribution in [3.8, 4) is 0 Å². The largest absolute Gasteiger partial charge is 0.317 e. The first-order chi connectivity index (χ1) is 33.4. The van der Waals surface area contributed by atoms with Crippen LogP contribution in [0.4, 0.5) is 62.9 Å². The van der Waals surface area contributed by atoms with Crippen molar-refractivity contribution in [1.29, 1.82) is 0 Å². The van der Waals surface area contributed by atoms with Crippen molar-refractivity contribution in [1.82, 2.24) is 0 Å². The number of carbonyl (C=O) groups is 6. The lowest BCUT2D eigenvalue weighted by atomic mass is 10.0. The van der Waals surface area contributed by atoms with Crippen LogP contribution >= 0.6 is 70.6 Å². The number of hydrogen-bond donors (Lipinski definition) is 6. The number of thioether (sulfide) groups is 6. The Balaban J connectivity index is 0.000000225. The summed E-state index contributed by atoms with van der Waals surface area (Å²) in [6, 6.07) is 46.4. The van der Waals surface area contributed by atoms with E-state index in [1.807, 2.05) is 146 Å². The van der Waals surface area contributed by atoms with E-state index >= 15 is 0 Å². The van der Waals surface area contributed by atoms with Gasteiger partial charge in [-0.15, -0.1) is 0 Å². The molecule has 0 aliphatic rings. The molecule has 0 radical (unpaired) electrons. The van der Waals surface area contributed by atoms with Crippen LogP contribution in [0.1, 0.15) is 33.4 Å². The van der Waals surface area contributed by atoms with Crippen molar-refractivity contribution in [2.45, 2.75) is 19.3 Å². The molecule has 0 aliphatic carbocycles. The van der Waals surface area contributed by atoms with Crippen LogP contribution in [0.5, 0.6) is 0 Å². The Labute approximate surface area is 429 Å². The maximum atomic E-state index is 11.6. The zero-order chi connectivity index (χ0) is 50.0. The van der Waals surface area contributed by atoms with Crippen LogP contribution in [0, 0.1) is 0 Å². The van der Waals surface area contributed by atoms with Crippen LogP contribution in [0.15, 0.2) is 146 Å². The van der Waals surface area contributed by atoms with E-state index in [4.69, 9.17) is 0 Å². The van der Waals surface area contributed by atoms with E-state index in [1.54, 1.807) is 37.5 Å². The Morgan fingerprint density at radius 1 is 0.290 bits per heavy atom. The molecule has 0 unspecified atom stereocenters. The number of rotatable bonds is 12. The topological polar surface area (TPSA) is 175 Å². The SMILES string of the molecule is CSC(=O)Nc1ccc(Cc2ccc(NC(=O)SC)cc2)cc1.CSC(=O)Nc1ccc(Cc2ccccc2NC(=O)SC)cc1.CSC(=O)Nc1ccccc1Cc1ccccc1NC(=O)SC. The van der Waals surface area contributed by atoms with Gasteiger partial charge in [0.15, 0.2) is 0 Å². The predicted molar refractivity (Wildman–Crippen MR) is 302 cm³/mol. The van der Waals surface area contributed by atoms with Gasteiger partial charge in [0.1, 0.15) is 0 Å². The van der Waals surface area contributed by atoms with Gasteiger partial charge < -0.3 is 31.9 Å². The fourth-order valence-corrected chi connectivity index (χ4v) is 7.45. The average molecular weight is 1040 g/mol. The molecule has 0 heterocycles. The quantitative estimate of drug-likeness (QED) is 0.0686. The van der Waals surface area contributed by atoms with Crippen LogP contribution < -0.4 is 31.9 Å². The highest BCUT2D eigenvalue weighted by Crippen LogP contribution is 2.26. The average Bonchev–Trinajstić information content (AvgIpc) is 3.37. The van der Waals surface area contributed by atoms with Gasteiger partial charge in [0.05, 0.1) is 0 Å². The summed E-state index contributed by atoms with van der Waals surface area (Å²) >= 11 is 6.88. The maximum Gasteiger partial charge on any atom is 0.283 e. The molecular formula is C51H54N6O6S6. The molecule has 12 nitrogen and oxygen atoms in total. The van der Waals surface area contributed by atoms with Crippen LogP contribution in [-0.4, -0.2) is 69.0 Å². The number of benzene rings is 6. The Bertz CT molecular complexity index is 2520. The zero-order valence-corrected chi connectivity index (χ0v) is 43.8. The summed E-state index contributed by atoms with van der Waals surface area (Å²) in [5, 5.41) is 16.6. The van der Waals surface area contributed by atoms with Gasteiger partial charge in [0.2, 0.25) is 0 Å². The van der Waals surface area contributed by atoms with Crippen molar-refractivity contribution in [3.63, 3.8) is 0 Å². The van der Waals surface area contributed by atoms with Crippen molar-refractivity contribution < 1.29 is 28.8 Å². The van der Waals surface area contributed by atoms with Gasteiger partial charge in [-0.1, -0.05) is 162 Å². The third-order valence-electron chi connectivity index (χ3n) is 9.66. The molecule has 6 amide bonds. The van der Waals surface area contributed by atoms with E-state index in [1.165, 1.54) is 0 Å². The van der Waals surface area contributed by atoms with E-state index in [0.717, 1.165) is 144 Å². The monoisotopic (exact) mass is 1040 g/mol. The van der Waals surface area contributed by atoms with Gasteiger partial charge in [-0.25, -0.2) is 0 Å². The van der Waals surface area contributed by atoms with Crippen LogP contribution in [0.3, 0.4) is 0 Å². The van der Waals surface area contributed by atoms with Gasteiger partial charge in [0.25, 0.3) is 31.4 Å². The van der Waals surface area contributed by atoms with E-state index < -0.39 is 0 Å². The summed E-state index contributed by atoms with van der Waals surface area (Å²) in [4.78, 5) is 68.8. The fraction of sp³-hybridized carbons (Fsp3) is 0.176. The Morgan fingerprint density at radius 3 is 0.797 bits per heavy atom. The van der Waals surface area contributed by atoms with Crippen LogP contribution in [0.25, 0.3) is 0 Å². The second-order valence-corrected chi connectivity index (χ2v) is 19.0. The van der Waals surface area contributed by atoms with E-state index in [9.17, 15) is 28.8 Å². The van der Waals surface area contributed by atoms with Gasteiger partial charge >= 0.3 is 0 Å². The number of hydrogen-bond acceptors (Lipinski definition) is 12. The predicted octanol–water partition coefficient (Wildman–Crippen LogP) is 15.2. The molecule has 0 saturated heterocycles. The Hall–Kier alpha value is -5.76. The first kappa shape index (κ1) is 55.8. The molecule has 6 aromatic rings. The van der Waals surface area contributed by atoms with Crippen molar-refractivity contribution in [2.24, 2.45) is 0 Å². The summed E-state index contributed by atoms with van der Waals surface area (Å²) in [5.41, 5.74) is 11.3. The zero-order valence-electron chi connectivity index (χ0n) is 38.9. The number of nitrogens with one attached hydrogen (secondary N) is 6. The standard InChI is InChI=1S/3C17H18N2O2S2/c1-22-16(20)18-14-7-3-12(4-8-14)11-13-5-9-15(10-6-13)19-17(21)23-2;1-22-16(20)18-14-9-5-3-7-12(14)11-13-8-4-6-10-15(13)19-17(21)23-2;1-22-16(20)18-14-9-7-12(8-10-14)11-13-5-3-4-6-15(13)19-17(21)23-2/h3*3-10H,11H2,1-2H3,(H,18,20)(H,19,21). The first-order valence-electron chi connectivity index (χ1n) is 21.0. The second-order valence-electron chi connectivity index (χ2n) is 14.3. The van der Waals surface area contributed by atoms with Gasteiger partial charge in [-0.2, -0.15) is 0 Å². The Morgan fingerprint density at radius 2 is 0.522 bits per heavy atom. The molecule has 0 aliphatic heterocycles. The van der Waals surface area contributed by atoms with Gasteiger partial charge in [-0.3, -0.25) is 28.8 Å². The summed E-state index contributed by atoms with van der Waals surface area (Å²) in [6.07, 6.45) is 12.6. The number of carbonyl (C=O) groups excluding carboxylic acids is 6. The molecule has 360 valence electrons. The first-order valence-corrected chi connectivity index (χ1v) is 28.3. The molecule has 0 spiro atoms. The smallest absolute Gasteiger partial charge is 0.283 e. The summed E-state index contributed by atoms with van der Waals surface area (Å²) in [7, 11) is 0. The summed E-state index contributed by atoms with van der Waals surface area (Å²) < 4.78 is 0. The van der Waals surface area contributed by atoms with Gasteiger partial charge in [-0.05, 0) is 138 Å². The summed E-state index contributed by atoms with van der Waals surface area (Å²) in [6.45, 7) is 0. The molecule has 0 fully saturated rings. The van der Waals surface area contributed by atoms with E-state index in [-0.39, 0.29) is 31.4 Å². The molecule has 0 aromatic heterocycles. The second kappa shape index (κ2) is 30.7.